The summed E-state index contributed by atoms with van der Waals surface area (Å²) in [7, 11) is 0. The largest absolute Gasteiger partial charge is 0.435 e. The summed E-state index contributed by atoms with van der Waals surface area (Å²) in [6, 6.07) is 10.1. The van der Waals surface area contributed by atoms with Crippen LogP contribution in [0.4, 0.5) is 8.78 Å². The highest BCUT2D eigenvalue weighted by Gasteiger charge is 2.16. The molecule has 8 heteroatoms. The molecule has 0 saturated heterocycles. The molecule has 4 aromatic rings. The molecule has 136 valence electrons. The number of aromatic amines is 1. The van der Waals surface area contributed by atoms with E-state index in [1.165, 1.54) is 23.5 Å². The Morgan fingerprint density at radius 3 is 2.74 bits per heavy atom. The summed E-state index contributed by atoms with van der Waals surface area (Å²) in [5, 5.41) is 1.84. The first kappa shape index (κ1) is 17.3. The molecule has 1 N–H and O–H groups in total. The van der Waals surface area contributed by atoms with Crippen LogP contribution < -0.4 is 10.3 Å². The van der Waals surface area contributed by atoms with Crippen LogP contribution >= 0.6 is 11.3 Å². The van der Waals surface area contributed by atoms with E-state index in [4.69, 9.17) is 0 Å². The van der Waals surface area contributed by atoms with E-state index in [0.29, 0.717) is 21.7 Å². The number of halogens is 2. The van der Waals surface area contributed by atoms with E-state index in [-0.39, 0.29) is 11.3 Å². The number of thiophene rings is 1. The van der Waals surface area contributed by atoms with Gasteiger partial charge in [0.25, 0.3) is 5.56 Å². The summed E-state index contributed by atoms with van der Waals surface area (Å²) in [4.78, 5) is 24.0. The number of rotatable bonds is 4. The van der Waals surface area contributed by atoms with Gasteiger partial charge in [-0.05, 0) is 42.3 Å². The zero-order chi connectivity index (χ0) is 19.0. The van der Waals surface area contributed by atoms with E-state index < -0.39 is 6.61 Å². The molecule has 3 aromatic heterocycles. The monoisotopic (exact) mass is 385 g/mol. The van der Waals surface area contributed by atoms with Crippen molar-refractivity contribution in [1.82, 2.24) is 15.0 Å². The number of nitrogens with one attached hydrogen (secondary N) is 1. The minimum Gasteiger partial charge on any atom is -0.435 e. The number of H-pyrrole nitrogens is 1. The zero-order valence-electron chi connectivity index (χ0n) is 14.1. The Hall–Kier alpha value is -3.13. The van der Waals surface area contributed by atoms with Crippen molar-refractivity contribution in [1.29, 1.82) is 0 Å². The Kier molecular flexibility index (Phi) is 4.41. The molecule has 1 aromatic carbocycles. The summed E-state index contributed by atoms with van der Waals surface area (Å²) < 4.78 is 29.8. The summed E-state index contributed by atoms with van der Waals surface area (Å²) >= 11 is 1.28. The van der Waals surface area contributed by atoms with E-state index in [9.17, 15) is 13.6 Å². The lowest BCUT2D eigenvalue weighted by Crippen LogP contribution is -2.08. The first-order valence-electron chi connectivity index (χ1n) is 8.01. The molecule has 0 bridgehead atoms. The van der Waals surface area contributed by atoms with Gasteiger partial charge >= 0.3 is 6.61 Å². The molecule has 0 amide bonds. The maximum Gasteiger partial charge on any atom is 0.387 e. The Morgan fingerprint density at radius 2 is 2.04 bits per heavy atom. The van der Waals surface area contributed by atoms with Crippen LogP contribution in [0.3, 0.4) is 0 Å². The van der Waals surface area contributed by atoms with Gasteiger partial charge in [0.2, 0.25) is 0 Å². The number of hydrogen-bond acceptors (Lipinski definition) is 5. The van der Waals surface area contributed by atoms with E-state index >= 15 is 0 Å². The fourth-order valence-corrected chi connectivity index (χ4v) is 3.76. The minimum atomic E-state index is -2.88. The van der Waals surface area contributed by atoms with Crippen LogP contribution in [-0.4, -0.2) is 21.6 Å². The first-order valence-corrected chi connectivity index (χ1v) is 8.89. The summed E-state index contributed by atoms with van der Waals surface area (Å²) in [5.74, 6) is 0.467. The molecule has 5 nitrogen and oxygen atoms in total. The SMILES string of the molecule is Cc1cc(OC(F)F)ccc1-c1csc2c(=O)[nH]c(-c3ccccn3)nc12. The molecule has 0 radical (unpaired) electrons. The Morgan fingerprint density at radius 1 is 1.19 bits per heavy atom. The number of hydrogen-bond donors (Lipinski definition) is 1. The quantitative estimate of drug-likeness (QED) is 0.556. The normalized spacial score (nSPS) is 11.3. The number of alkyl halides is 2. The standard InChI is InChI=1S/C19H13F2N3O2S/c1-10-8-11(26-19(20)21)5-6-12(10)13-9-27-16-15(13)23-17(24-18(16)25)14-4-2-3-7-22-14/h2-9,19H,1H3,(H,23,24,25). The van der Waals surface area contributed by atoms with Crippen molar-refractivity contribution in [3.63, 3.8) is 0 Å². The summed E-state index contributed by atoms with van der Waals surface area (Å²) in [6.45, 7) is -1.08. The molecular weight excluding hydrogens is 372 g/mol. The number of aromatic nitrogens is 3. The van der Waals surface area contributed by atoms with Gasteiger partial charge in [-0.15, -0.1) is 11.3 Å². The van der Waals surface area contributed by atoms with Crippen LogP contribution in [0.2, 0.25) is 0 Å². The molecule has 0 spiro atoms. The summed E-state index contributed by atoms with van der Waals surface area (Å²) in [6.07, 6.45) is 1.62. The fraction of sp³-hybridized carbons (Fsp3) is 0.105. The first-order chi connectivity index (χ1) is 13.0. The molecular formula is C19H13F2N3O2S. The lowest BCUT2D eigenvalue weighted by Gasteiger charge is -2.09. The molecule has 0 unspecified atom stereocenters. The van der Waals surface area contributed by atoms with Gasteiger partial charge < -0.3 is 9.72 Å². The van der Waals surface area contributed by atoms with Crippen LogP contribution in [0.25, 0.3) is 32.9 Å². The number of nitrogens with zero attached hydrogens (tertiary/aromatic N) is 2. The van der Waals surface area contributed by atoms with Crippen molar-refractivity contribution in [2.75, 3.05) is 0 Å². The topological polar surface area (TPSA) is 67.9 Å². The molecule has 0 aliphatic rings. The van der Waals surface area contributed by atoms with Crippen molar-refractivity contribution in [2.24, 2.45) is 0 Å². The van der Waals surface area contributed by atoms with Crippen molar-refractivity contribution in [3.05, 3.63) is 63.9 Å². The maximum atomic E-state index is 12.5. The lowest BCUT2D eigenvalue weighted by molar-refractivity contribution is -0.0498. The number of ether oxygens (including phenoxy) is 1. The van der Waals surface area contributed by atoms with Gasteiger partial charge in [0.05, 0.1) is 5.52 Å². The van der Waals surface area contributed by atoms with Crippen LogP contribution in [0.5, 0.6) is 5.75 Å². The average molecular weight is 385 g/mol. The third kappa shape index (κ3) is 3.31. The van der Waals surface area contributed by atoms with Crippen LogP contribution in [0.15, 0.2) is 52.8 Å². The predicted molar refractivity (Wildman–Crippen MR) is 100 cm³/mol. The highest BCUT2D eigenvalue weighted by atomic mass is 32.1. The van der Waals surface area contributed by atoms with Gasteiger partial charge in [-0.3, -0.25) is 9.78 Å². The molecule has 0 aliphatic carbocycles. The lowest BCUT2D eigenvalue weighted by atomic mass is 10.0. The molecule has 0 atom stereocenters. The van der Waals surface area contributed by atoms with E-state index in [0.717, 1.165) is 16.7 Å². The number of benzene rings is 1. The number of aryl methyl sites for hydroxylation is 1. The molecule has 3 heterocycles. The van der Waals surface area contributed by atoms with E-state index in [1.807, 2.05) is 11.4 Å². The molecule has 4 rings (SSSR count). The second-order valence-corrected chi connectivity index (χ2v) is 6.69. The Bertz CT molecular complexity index is 1170. The molecule has 27 heavy (non-hydrogen) atoms. The Balaban J connectivity index is 1.86. The van der Waals surface area contributed by atoms with Gasteiger partial charge in [-0.2, -0.15) is 8.78 Å². The van der Waals surface area contributed by atoms with Gasteiger partial charge in [-0.25, -0.2) is 4.98 Å². The predicted octanol–water partition coefficient (Wildman–Crippen LogP) is 4.62. The fourth-order valence-electron chi connectivity index (χ4n) is 2.86. The van der Waals surface area contributed by atoms with Gasteiger partial charge in [0.1, 0.15) is 16.1 Å². The molecule has 0 saturated carbocycles. The second-order valence-electron chi connectivity index (χ2n) is 5.81. The minimum absolute atomic E-state index is 0.0887. The number of pyridine rings is 1. The van der Waals surface area contributed by atoms with E-state index in [1.54, 1.807) is 31.3 Å². The highest BCUT2D eigenvalue weighted by Crippen LogP contribution is 2.35. The van der Waals surface area contributed by atoms with Crippen LogP contribution in [0, 0.1) is 6.92 Å². The van der Waals surface area contributed by atoms with Crippen LogP contribution in [0.1, 0.15) is 5.56 Å². The third-order valence-electron chi connectivity index (χ3n) is 4.05. The second kappa shape index (κ2) is 6.88. The summed E-state index contributed by atoms with van der Waals surface area (Å²) in [5.41, 5.74) is 3.18. The van der Waals surface area contributed by atoms with Crippen LogP contribution in [-0.2, 0) is 0 Å². The zero-order valence-corrected chi connectivity index (χ0v) is 14.9. The maximum absolute atomic E-state index is 12.5. The van der Waals surface area contributed by atoms with E-state index in [2.05, 4.69) is 19.7 Å². The Labute approximate surface area is 156 Å². The van der Waals surface area contributed by atoms with Gasteiger partial charge in [0.15, 0.2) is 5.82 Å². The smallest absolute Gasteiger partial charge is 0.387 e. The average Bonchev–Trinajstić information content (AvgIpc) is 3.06. The van der Waals surface area contributed by atoms with Gasteiger partial charge in [0, 0.05) is 17.1 Å². The van der Waals surface area contributed by atoms with Crippen molar-refractivity contribution in [2.45, 2.75) is 13.5 Å². The van der Waals surface area contributed by atoms with Crippen molar-refractivity contribution < 1.29 is 13.5 Å². The van der Waals surface area contributed by atoms with Crippen molar-refractivity contribution >= 4 is 21.6 Å². The highest BCUT2D eigenvalue weighted by molar-refractivity contribution is 7.17. The van der Waals surface area contributed by atoms with Crippen molar-refractivity contribution in [3.8, 4) is 28.4 Å². The van der Waals surface area contributed by atoms with Gasteiger partial charge in [-0.1, -0.05) is 12.1 Å². The molecule has 0 aliphatic heterocycles. The third-order valence-corrected chi connectivity index (χ3v) is 5.02. The molecule has 0 fully saturated rings. The number of fused-ring (bicyclic) bond motifs is 1.